The minimum Gasteiger partial charge on any atom is -0.383 e. The van der Waals surface area contributed by atoms with Gasteiger partial charge in [0.05, 0.1) is 6.61 Å². The Kier molecular flexibility index (Phi) is 5.37. The summed E-state index contributed by atoms with van der Waals surface area (Å²) in [5.41, 5.74) is 1.39. The van der Waals surface area contributed by atoms with Crippen LogP contribution in [0.5, 0.6) is 0 Å². The summed E-state index contributed by atoms with van der Waals surface area (Å²) in [5, 5.41) is 3.33. The minimum atomic E-state index is 0.391. The first-order valence-electron chi connectivity index (χ1n) is 5.54. The fourth-order valence-corrected chi connectivity index (χ4v) is 2.03. The van der Waals surface area contributed by atoms with E-state index in [1.807, 2.05) is 7.05 Å². The third-order valence-electron chi connectivity index (χ3n) is 2.87. The Hall–Kier alpha value is -0.860. The highest BCUT2D eigenvalue weighted by atomic mass is 16.5. The molecule has 0 heterocycles. The van der Waals surface area contributed by atoms with Gasteiger partial charge in [-0.25, -0.2) is 0 Å². The lowest BCUT2D eigenvalue weighted by Crippen LogP contribution is -2.35. The molecular formula is C13H21NO. The van der Waals surface area contributed by atoms with Gasteiger partial charge in [-0.2, -0.15) is 0 Å². The summed E-state index contributed by atoms with van der Waals surface area (Å²) < 4.78 is 5.24. The van der Waals surface area contributed by atoms with Crippen LogP contribution in [0.3, 0.4) is 0 Å². The van der Waals surface area contributed by atoms with Crippen LogP contribution in [0.15, 0.2) is 30.3 Å². The molecule has 2 unspecified atom stereocenters. The first kappa shape index (κ1) is 12.2. The molecule has 2 heteroatoms. The van der Waals surface area contributed by atoms with Gasteiger partial charge in [-0.15, -0.1) is 0 Å². The monoisotopic (exact) mass is 207 g/mol. The van der Waals surface area contributed by atoms with Gasteiger partial charge in [0.2, 0.25) is 0 Å². The minimum absolute atomic E-state index is 0.391. The van der Waals surface area contributed by atoms with Crippen LogP contribution in [-0.2, 0) is 4.74 Å². The predicted molar refractivity (Wildman–Crippen MR) is 64.2 cm³/mol. The van der Waals surface area contributed by atoms with Crippen LogP contribution >= 0.6 is 0 Å². The Morgan fingerprint density at radius 1 is 1.27 bits per heavy atom. The fourth-order valence-electron chi connectivity index (χ4n) is 2.03. The van der Waals surface area contributed by atoms with Gasteiger partial charge in [-0.1, -0.05) is 37.3 Å². The molecule has 0 aliphatic rings. The molecular weight excluding hydrogens is 186 g/mol. The molecule has 0 saturated heterocycles. The molecule has 0 amide bonds. The normalized spacial score (nSPS) is 14.9. The Labute approximate surface area is 92.6 Å². The lowest BCUT2D eigenvalue weighted by molar-refractivity contribution is 0.157. The second-order valence-corrected chi connectivity index (χ2v) is 3.78. The number of benzene rings is 1. The van der Waals surface area contributed by atoms with Gasteiger partial charge in [0.15, 0.2) is 0 Å². The highest BCUT2D eigenvalue weighted by Gasteiger charge is 2.19. The molecule has 15 heavy (non-hydrogen) atoms. The maximum absolute atomic E-state index is 5.24. The number of nitrogens with one attached hydrogen (secondary N) is 1. The zero-order valence-corrected chi connectivity index (χ0v) is 9.86. The van der Waals surface area contributed by atoms with E-state index in [2.05, 4.69) is 42.6 Å². The van der Waals surface area contributed by atoms with Gasteiger partial charge in [-0.05, 0) is 19.0 Å². The molecule has 2 atom stereocenters. The first-order chi connectivity index (χ1) is 7.33. The van der Waals surface area contributed by atoms with Crippen LogP contribution < -0.4 is 5.32 Å². The van der Waals surface area contributed by atoms with E-state index in [-0.39, 0.29) is 0 Å². The van der Waals surface area contributed by atoms with Gasteiger partial charge in [0.25, 0.3) is 0 Å². The SMILES string of the molecule is CCC(c1ccccc1)C(COC)NC. The lowest BCUT2D eigenvalue weighted by atomic mass is 9.89. The summed E-state index contributed by atoms with van der Waals surface area (Å²) in [4.78, 5) is 0. The number of hydrogen-bond donors (Lipinski definition) is 1. The number of rotatable bonds is 6. The summed E-state index contributed by atoms with van der Waals surface area (Å²) >= 11 is 0. The first-order valence-corrected chi connectivity index (χ1v) is 5.54. The number of likely N-dealkylation sites (N-methyl/N-ethyl adjacent to an activating group) is 1. The molecule has 0 aromatic heterocycles. The van der Waals surface area contributed by atoms with Crippen molar-refractivity contribution < 1.29 is 4.74 Å². The van der Waals surface area contributed by atoms with E-state index in [0.29, 0.717) is 12.0 Å². The van der Waals surface area contributed by atoms with Gasteiger partial charge in [0.1, 0.15) is 0 Å². The zero-order chi connectivity index (χ0) is 11.1. The van der Waals surface area contributed by atoms with Crippen molar-refractivity contribution in [1.29, 1.82) is 0 Å². The quantitative estimate of drug-likeness (QED) is 0.773. The average Bonchev–Trinajstić information content (AvgIpc) is 2.30. The average molecular weight is 207 g/mol. The maximum Gasteiger partial charge on any atom is 0.0621 e. The molecule has 84 valence electrons. The van der Waals surface area contributed by atoms with Gasteiger partial charge in [-0.3, -0.25) is 0 Å². The van der Waals surface area contributed by atoms with Crippen molar-refractivity contribution in [1.82, 2.24) is 5.32 Å². The van der Waals surface area contributed by atoms with E-state index in [0.717, 1.165) is 13.0 Å². The summed E-state index contributed by atoms with van der Waals surface area (Å²) in [6.07, 6.45) is 1.12. The van der Waals surface area contributed by atoms with Crippen molar-refractivity contribution >= 4 is 0 Å². The van der Waals surface area contributed by atoms with Crippen molar-refractivity contribution in [3.05, 3.63) is 35.9 Å². The summed E-state index contributed by atoms with van der Waals surface area (Å²) in [7, 11) is 3.75. The molecule has 1 aromatic rings. The molecule has 0 saturated carbocycles. The third-order valence-corrected chi connectivity index (χ3v) is 2.87. The molecule has 0 bridgehead atoms. The number of hydrogen-bond acceptors (Lipinski definition) is 2. The van der Waals surface area contributed by atoms with E-state index in [9.17, 15) is 0 Å². The maximum atomic E-state index is 5.24. The van der Waals surface area contributed by atoms with Gasteiger partial charge >= 0.3 is 0 Å². The molecule has 0 radical (unpaired) electrons. The van der Waals surface area contributed by atoms with E-state index in [4.69, 9.17) is 4.74 Å². The van der Waals surface area contributed by atoms with Gasteiger partial charge in [0, 0.05) is 19.1 Å². The van der Waals surface area contributed by atoms with E-state index in [1.54, 1.807) is 7.11 Å². The largest absolute Gasteiger partial charge is 0.383 e. The Balaban J connectivity index is 2.77. The Morgan fingerprint density at radius 3 is 2.40 bits per heavy atom. The second-order valence-electron chi connectivity index (χ2n) is 3.78. The molecule has 1 aromatic carbocycles. The van der Waals surface area contributed by atoms with Crippen molar-refractivity contribution in [2.24, 2.45) is 0 Å². The van der Waals surface area contributed by atoms with Gasteiger partial charge < -0.3 is 10.1 Å². The van der Waals surface area contributed by atoms with Crippen LogP contribution in [0.1, 0.15) is 24.8 Å². The van der Waals surface area contributed by atoms with Crippen LogP contribution in [0.2, 0.25) is 0 Å². The Morgan fingerprint density at radius 2 is 1.93 bits per heavy atom. The van der Waals surface area contributed by atoms with Crippen LogP contribution in [-0.4, -0.2) is 26.8 Å². The van der Waals surface area contributed by atoms with Crippen LogP contribution in [0.25, 0.3) is 0 Å². The molecule has 1 rings (SSSR count). The standard InChI is InChI=1S/C13H21NO/c1-4-12(13(14-2)10-15-3)11-8-6-5-7-9-11/h5-9,12-14H,4,10H2,1-3H3. The van der Waals surface area contributed by atoms with Crippen molar-refractivity contribution in [3.63, 3.8) is 0 Å². The summed E-state index contributed by atoms with van der Waals surface area (Å²) in [5.74, 6) is 0.524. The predicted octanol–water partition coefficient (Wildman–Crippen LogP) is 2.41. The van der Waals surface area contributed by atoms with E-state index < -0.39 is 0 Å². The second kappa shape index (κ2) is 6.59. The smallest absolute Gasteiger partial charge is 0.0621 e. The summed E-state index contributed by atoms with van der Waals surface area (Å²) in [6, 6.07) is 11.0. The molecule has 1 N–H and O–H groups in total. The molecule has 0 aliphatic carbocycles. The third kappa shape index (κ3) is 3.33. The van der Waals surface area contributed by atoms with E-state index >= 15 is 0 Å². The lowest BCUT2D eigenvalue weighted by Gasteiger charge is -2.25. The molecule has 0 spiro atoms. The van der Waals surface area contributed by atoms with Crippen LogP contribution in [0.4, 0.5) is 0 Å². The number of ether oxygens (including phenoxy) is 1. The molecule has 2 nitrogen and oxygen atoms in total. The van der Waals surface area contributed by atoms with Crippen molar-refractivity contribution in [2.45, 2.75) is 25.3 Å². The molecule has 0 aliphatic heterocycles. The summed E-state index contributed by atoms with van der Waals surface area (Å²) in [6.45, 7) is 2.97. The highest BCUT2D eigenvalue weighted by molar-refractivity contribution is 5.21. The van der Waals surface area contributed by atoms with Crippen molar-refractivity contribution in [3.8, 4) is 0 Å². The highest BCUT2D eigenvalue weighted by Crippen LogP contribution is 2.23. The number of methoxy groups -OCH3 is 1. The van der Waals surface area contributed by atoms with E-state index in [1.165, 1.54) is 5.56 Å². The fraction of sp³-hybridized carbons (Fsp3) is 0.538. The topological polar surface area (TPSA) is 21.3 Å². The van der Waals surface area contributed by atoms with Crippen molar-refractivity contribution in [2.75, 3.05) is 20.8 Å². The Bertz CT molecular complexity index is 260. The molecule has 0 fully saturated rings. The van der Waals surface area contributed by atoms with Crippen LogP contribution in [0, 0.1) is 0 Å². The zero-order valence-electron chi connectivity index (χ0n) is 9.86.